The largest absolute Gasteiger partial charge is 0.465 e. The van der Waals surface area contributed by atoms with Crippen molar-refractivity contribution < 1.29 is 23.9 Å². The number of rotatable bonds is 17. The molecule has 43 nitrogen and oxygen atoms in total. The van der Waals surface area contributed by atoms with Crippen molar-refractivity contribution in [3.63, 3.8) is 0 Å². The van der Waals surface area contributed by atoms with Crippen molar-refractivity contribution in [2.24, 2.45) is 0 Å². The number of pyridine rings is 2. The van der Waals surface area contributed by atoms with E-state index in [-0.39, 0.29) is 17.1 Å². The fourth-order valence-corrected chi connectivity index (χ4v) is 16.0. The molecule has 23 rings (SSSR count). The number of nitrogens with zero attached hydrogens (tertiary/aromatic N) is 31. The Morgan fingerprint density at radius 3 is 1.08 bits per heavy atom. The number of hydrogen-bond acceptors (Lipinski definition) is 37. The summed E-state index contributed by atoms with van der Waals surface area (Å²) in [6.45, 7) is 7.73. The van der Waals surface area contributed by atoms with Crippen LogP contribution in [0.5, 0.6) is 11.5 Å². The second kappa shape index (κ2) is 44.2. The number of Topliss-reactive ketones (excluding diaryl/α,β-unsaturated/α-hetero) is 2. The SMILES string of the molecule is CCC(=O)c1cc(-n2ncc3c(N)ncnc32)ccc1Cl.CCC(=O)c1cccc(-n2ncc3c(N)ncnc32)c1.CN(C)c1ccc(-n2ncc3c(N)ncnc32)nc1.COC(=O)c1cc(-n2ncc3c(N)ncnc32)ccc1Cl.Cc1cc(-n2ncc3c(N)ncnc32)ccc1Oc1ccccc1.Cc1cc(-n2ncc3c(N)ncnc32)ccc1Sc1ccccc1.Nc1ncnc2c1cnn2-c1ccc(Cl)cn1. The lowest BCUT2D eigenvalue weighted by molar-refractivity contribution is 0.0600. The summed E-state index contributed by atoms with van der Waals surface area (Å²) in [5.41, 5.74) is 53.6. The Hall–Kier alpha value is -19.1. The highest BCUT2D eigenvalue weighted by Crippen LogP contribution is 2.35. The van der Waals surface area contributed by atoms with Gasteiger partial charge < -0.3 is 54.5 Å². The molecule has 0 aliphatic heterocycles. The maximum atomic E-state index is 11.9. The Kier molecular flexibility index (Phi) is 29.8. The molecule has 0 unspecified atom stereocenters. The van der Waals surface area contributed by atoms with E-state index in [1.165, 1.54) is 66.8 Å². The van der Waals surface area contributed by atoms with Gasteiger partial charge in [-0.1, -0.05) is 109 Å². The van der Waals surface area contributed by atoms with Gasteiger partial charge in [0.25, 0.3) is 0 Å². The molecule has 16 heterocycles. The highest BCUT2D eigenvalue weighted by Gasteiger charge is 2.22. The first-order chi connectivity index (χ1) is 70.8. The Bertz CT molecular complexity index is 8400. The Balaban J connectivity index is 0.000000117. The van der Waals surface area contributed by atoms with E-state index in [4.69, 9.17) is 84.4 Å². The first-order valence-corrected chi connectivity index (χ1v) is 46.1. The van der Waals surface area contributed by atoms with Crippen LogP contribution in [0.15, 0.2) is 292 Å². The van der Waals surface area contributed by atoms with Crippen molar-refractivity contribution in [1.82, 2.24) is 148 Å². The highest BCUT2D eigenvalue weighted by molar-refractivity contribution is 7.99. The highest BCUT2D eigenvalue weighted by atomic mass is 35.5. The van der Waals surface area contributed by atoms with Gasteiger partial charge in [-0.25, -0.2) is 108 Å². The van der Waals surface area contributed by atoms with Crippen LogP contribution in [0.1, 0.15) is 68.9 Å². The summed E-state index contributed by atoms with van der Waals surface area (Å²) in [5.74, 6) is 5.26. The number of ether oxygens (including phenoxy) is 2. The second-order valence-corrected chi connectivity index (χ2v) is 34.0. The zero-order valence-electron chi connectivity index (χ0n) is 78.5. The number of anilines is 8. The summed E-state index contributed by atoms with van der Waals surface area (Å²) in [7, 11) is 5.23. The van der Waals surface area contributed by atoms with Gasteiger partial charge in [0.2, 0.25) is 0 Å². The standard InChI is InChI=1S/C18H15N5O.C18H15N5S.C14H12ClN5O.C14H13N5O.C13H10ClN5O2.C12H13N7.C10H7ClN6/c2*1-12-9-13(7-8-16(12)24-14-5-3-2-4-6-14)23-18-15(10-22-23)17(19)20-11-21-18;1-2-12(21)9-5-8(3-4-11(9)15)20-14-10(6-19-20)13(16)17-7-18-14;1-2-12(20)9-4-3-5-10(6-9)19-14-11(7-18-19)13(15)16-8-17-14;1-21-13(20)8-4-7(2-3-10(8)14)19-12-9(5-18-19)11(15)16-6-17-12;1-18(2)8-3-4-10(14-5-8)19-12-9(6-17-19)11(13)15-7-16-12;11-6-1-2-8(13-3-6)17-10-7(4-16-17)9(12)14-5-15-10/h2*2-11H,1H3,(H2,19,20,21);3-7H,2H2,1H3,(H2,16,17,18);3-8H,2H2,1H3,(H2,15,16,17);2-6H,1H3,(H2,15,16,17);3-7H,1-2H3,(H2,13,15,16);1-5H,(H2,12,14,15). The first-order valence-electron chi connectivity index (χ1n) is 44.2. The van der Waals surface area contributed by atoms with Crippen molar-refractivity contribution in [1.29, 1.82) is 0 Å². The van der Waals surface area contributed by atoms with Crippen molar-refractivity contribution in [3.8, 4) is 51.6 Å². The van der Waals surface area contributed by atoms with Gasteiger partial charge in [-0.15, -0.1) is 0 Å². The van der Waals surface area contributed by atoms with E-state index in [0.29, 0.717) is 164 Å². The van der Waals surface area contributed by atoms with E-state index >= 15 is 0 Å². The van der Waals surface area contributed by atoms with Crippen LogP contribution in [0.25, 0.3) is 117 Å². The van der Waals surface area contributed by atoms with Crippen molar-refractivity contribution >= 4 is 188 Å². The van der Waals surface area contributed by atoms with Gasteiger partial charge in [0.15, 0.2) is 62.7 Å². The Morgan fingerprint density at radius 2 is 0.699 bits per heavy atom. The van der Waals surface area contributed by atoms with Crippen LogP contribution in [-0.2, 0) is 4.74 Å². The molecule has 14 N–H and O–H groups in total. The molecule has 0 saturated carbocycles. The third-order valence-electron chi connectivity index (χ3n) is 22.1. The van der Waals surface area contributed by atoms with Gasteiger partial charge >= 0.3 is 5.97 Å². The number of ketones is 2. The molecular formula is C99H85Cl3N38O5S. The number of carbonyl (C=O) groups is 3. The lowest BCUT2D eigenvalue weighted by Gasteiger charge is -2.11. The summed E-state index contributed by atoms with van der Waals surface area (Å²) in [5, 5.41) is 36.2. The molecule has 0 saturated heterocycles. The molecule has 47 heteroatoms. The van der Waals surface area contributed by atoms with Crippen LogP contribution < -0.4 is 49.8 Å². The van der Waals surface area contributed by atoms with E-state index in [1.54, 1.807) is 168 Å². The maximum Gasteiger partial charge on any atom is 0.339 e. The summed E-state index contributed by atoms with van der Waals surface area (Å²) in [6.07, 6.45) is 25.5. The number of hydrogen-bond donors (Lipinski definition) is 7. The zero-order valence-corrected chi connectivity index (χ0v) is 81.5. The van der Waals surface area contributed by atoms with Crippen LogP contribution in [0.2, 0.25) is 15.1 Å². The predicted octanol–water partition coefficient (Wildman–Crippen LogP) is 16.1. The number of benzene rings is 7. The first kappa shape index (κ1) is 98.5. The van der Waals surface area contributed by atoms with Crippen molar-refractivity contribution in [2.45, 2.75) is 50.3 Å². The Labute approximate surface area is 847 Å². The van der Waals surface area contributed by atoms with Gasteiger partial charge in [0, 0.05) is 54.1 Å². The molecular weight excluding hydrogens is 1940 g/mol. The maximum absolute atomic E-state index is 11.9. The van der Waals surface area contributed by atoms with Crippen LogP contribution in [0, 0.1) is 13.8 Å². The van der Waals surface area contributed by atoms with Crippen LogP contribution >= 0.6 is 46.6 Å². The fraction of sp³-hybridized carbons (Fsp3) is 0.0909. The number of aromatic nitrogens is 30. The van der Waals surface area contributed by atoms with Crippen molar-refractivity contribution in [2.75, 3.05) is 66.2 Å². The monoisotopic (exact) mass is 2020 g/mol. The van der Waals surface area contributed by atoms with E-state index < -0.39 is 5.97 Å². The number of aryl methyl sites for hydroxylation is 2. The Morgan fingerprint density at radius 1 is 0.342 bits per heavy atom. The number of halogens is 3. The number of nitrogens with two attached hydrogens (primary N) is 7. The molecule has 0 atom stereocenters. The minimum atomic E-state index is -0.521. The van der Waals surface area contributed by atoms with Crippen LogP contribution in [0.4, 0.5) is 46.4 Å². The summed E-state index contributed by atoms with van der Waals surface area (Å²) in [6, 6.07) is 56.9. The minimum Gasteiger partial charge on any atom is -0.465 e. The number of para-hydroxylation sites is 1. The molecule has 0 aliphatic rings. The average Bonchev–Trinajstić information content (AvgIpc) is 1.70. The molecule has 146 heavy (non-hydrogen) atoms. The smallest absolute Gasteiger partial charge is 0.339 e. The van der Waals surface area contributed by atoms with Crippen LogP contribution in [-0.4, -0.2) is 187 Å². The minimum absolute atomic E-state index is 0.0209. The summed E-state index contributed by atoms with van der Waals surface area (Å²) >= 11 is 19.6. The number of nitrogen functional groups attached to an aromatic ring is 7. The molecule has 0 aliphatic carbocycles. The number of carbonyl (C=O) groups excluding carboxylic acids is 3. The third-order valence-corrected chi connectivity index (χ3v) is 24.1. The summed E-state index contributed by atoms with van der Waals surface area (Å²) < 4.78 is 22.2. The normalized spacial score (nSPS) is 10.9. The topological polar surface area (TPSA) is 586 Å². The van der Waals surface area contributed by atoms with Gasteiger partial charge in [-0.3, -0.25) is 9.59 Å². The fourth-order valence-electron chi connectivity index (χ4n) is 14.5. The van der Waals surface area contributed by atoms with E-state index in [1.807, 2.05) is 130 Å². The molecule has 0 fully saturated rings. The number of methoxy groups -OCH3 is 1. The molecule has 0 amide bonds. The zero-order chi connectivity index (χ0) is 102. The van der Waals surface area contributed by atoms with Crippen LogP contribution in [0.3, 0.4) is 0 Å². The second-order valence-electron chi connectivity index (χ2n) is 31.6. The van der Waals surface area contributed by atoms with E-state index in [9.17, 15) is 14.4 Å². The van der Waals surface area contributed by atoms with Gasteiger partial charge in [0.1, 0.15) is 96.5 Å². The molecule has 0 spiro atoms. The van der Waals surface area contributed by atoms with E-state index in [0.717, 1.165) is 56.0 Å². The average molecular weight is 2030 g/mol. The lowest BCUT2D eigenvalue weighted by Crippen LogP contribution is -2.09. The summed E-state index contributed by atoms with van der Waals surface area (Å²) in [4.78, 5) is 105. The van der Waals surface area contributed by atoms with E-state index in [2.05, 4.69) is 147 Å². The van der Waals surface area contributed by atoms with Crippen molar-refractivity contribution in [3.05, 3.63) is 325 Å². The lowest BCUT2D eigenvalue weighted by atomic mass is 10.1. The van der Waals surface area contributed by atoms with Gasteiger partial charge in [-0.2, -0.15) is 45.1 Å². The molecule has 728 valence electrons. The van der Waals surface area contributed by atoms with Gasteiger partial charge in [0.05, 0.1) is 149 Å². The molecule has 23 aromatic rings. The quantitative estimate of drug-likeness (QED) is 0.0329. The predicted molar refractivity (Wildman–Crippen MR) is 560 cm³/mol. The molecule has 7 aromatic carbocycles. The molecule has 0 bridgehead atoms. The third kappa shape index (κ3) is 21.6. The molecule has 16 aromatic heterocycles. The van der Waals surface area contributed by atoms with Gasteiger partial charge in [-0.05, 0) is 158 Å². The number of esters is 1. The molecule has 0 radical (unpaired) electrons. The number of fused-ring (bicyclic) bond motifs is 7.